The quantitative estimate of drug-likeness (QED) is 0.851. The highest BCUT2D eigenvalue weighted by Crippen LogP contribution is 2.35. The number of thioether (sulfide) groups is 1. The van der Waals surface area contributed by atoms with Crippen molar-refractivity contribution in [3.8, 4) is 0 Å². The molecule has 0 atom stereocenters. The van der Waals surface area contributed by atoms with E-state index in [-0.39, 0.29) is 7.43 Å². The molecule has 112 valence electrons. The van der Waals surface area contributed by atoms with Crippen LogP contribution in [0.1, 0.15) is 24.1 Å². The van der Waals surface area contributed by atoms with Crippen LogP contribution in [0.15, 0.2) is 41.6 Å². The molecule has 0 spiro atoms. The van der Waals surface area contributed by atoms with Crippen LogP contribution < -0.4 is 5.32 Å². The van der Waals surface area contributed by atoms with Gasteiger partial charge in [-0.25, -0.2) is 0 Å². The summed E-state index contributed by atoms with van der Waals surface area (Å²) in [6, 6.07) is 8.34. The first-order valence-electron chi connectivity index (χ1n) is 6.87. The van der Waals surface area contributed by atoms with Gasteiger partial charge >= 0.3 is 0 Å². The maximum absolute atomic E-state index is 6.43. The molecule has 2 aromatic rings. The van der Waals surface area contributed by atoms with E-state index in [0.717, 1.165) is 36.7 Å². The lowest BCUT2D eigenvalue weighted by Crippen LogP contribution is -2.16. The molecule has 1 aliphatic rings. The van der Waals surface area contributed by atoms with E-state index in [1.165, 1.54) is 21.6 Å². The molecule has 0 saturated heterocycles. The third kappa shape index (κ3) is 4.00. The van der Waals surface area contributed by atoms with E-state index in [2.05, 4.69) is 28.5 Å². The first-order valence-corrected chi connectivity index (χ1v) is 8.23. The zero-order valence-electron chi connectivity index (χ0n) is 11.2. The molecule has 0 saturated carbocycles. The summed E-state index contributed by atoms with van der Waals surface area (Å²) in [6.45, 7) is 2.10. The molecule has 1 aliphatic heterocycles. The SMILES string of the molecule is C.Clc1ccc2c(c1SCc1ccncc1)CCNCC2. The lowest BCUT2D eigenvalue weighted by molar-refractivity contribution is 0.709. The van der Waals surface area contributed by atoms with Crippen LogP contribution in [0, 0.1) is 0 Å². The highest BCUT2D eigenvalue weighted by Gasteiger charge is 2.15. The Bertz CT molecular complexity index is 587. The molecule has 0 radical (unpaired) electrons. The summed E-state index contributed by atoms with van der Waals surface area (Å²) in [5.41, 5.74) is 4.16. The van der Waals surface area contributed by atoms with Crippen molar-refractivity contribution in [1.82, 2.24) is 10.3 Å². The maximum Gasteiger partial charge on any atom is 0.0544 e. The molecule has 21 heavy (non-hydrogen) atoms. The topological polar surface area (TPSA) is 24.9 Å². The summed E-state index contributed by atoms with van der Waals surface area (Å²) in [4.78, 5) is 5.31. The number of rotatable bonds is 3. The van der Waals surface area contributed by atoms with E-state index in [1.54, 1.807) is 0 Å². The number of nitrogens with one attached hydrogen (secondary N) is 1. The molecule has 0 unspecified atom stereocenters. The number of hydrogen-bond acceptors (Lipinski definition) is 3. The fraction of sp³-hybridized carbons (Fsp3) is 0.353. The summed E-state index contributed by atoms with van der Waals surface area (Å²) in [5.74, 6) is 0.937. The minimum atomic E-state index is 0. The van der Waals surface area contributed by atoms with Gasteiger partial charge in [0.25, 0.3) is 0 Å². The van der Waals surface area contributed by atoms with Gasteiger partial charge in [0.2, 0.25) is 0 Å². The van der Waals surface area contributed by atoms with Crippen molar-refractivity contribution in [2.75, 3.05) is 13.1 Å². The lowest BCUT2D eigenvalue weighted by Gasteiger charge is -2.13. The number of benzene rings is 1. The van der Waals surface area contributed by atoms with Crippen LogP contribution in [0.3, 0.4) is 0 Å². The molecule has 4 heteroatoms. The second kappa shape index (κ2) is 7.83. The van der Waals surface area contributed by atoms with E-state index in [4.69, 9.17) is 11.6 Å². The van der Waals surface area contributed by atoms with Gasteiger partial charge in [-0.05, 0) is 60.8 Å². The van der Waals surface area contributed by atoms with Crippen LogP contribution in [-0.2, 0) is 18.6 Å². The molecule has 2 nitrogen and oxygen atoms in total. The molecular formula is C17H21ClN2S. The minimum Gasteiger partial charge on any atom is -0.316 e. The van der Waals surface area contributed by atoms with Gasteiger partial charge in [-0.1, -0.05) is 25.1 Å². The molecule has 0 aliphatic carbocycles. The van der Waals surface area contributed by atoms with Crippen molar-refractivity contribution < 1.29 is 0 Å². The first-order chi connectivity index (χ1) is 9.84. The van der Waals surface area contributed by atoms with Crippen molar-refractivity contribution in [2.24, 2.45) is 0 Å². The number of fused-ring (bicyclic) bond motifs is 1. The Hall–Kier alpha value is -1.03. The number of hydrogen-bond donors (Lipinski definition) is 1. The average molecular weight is 321 g/mol. The van der Waals surface area contributed by atoms with Gasteiger partial charge in [-0.2, -0.15) is 0 Å². The summed E-state index contributed by atoms with van der Waals surface area (Å²) in [7, 11) is 0. The van der Waals surface area contributed by atoms with Gasteiger partial charge in [-0.15, -0.1) is 11.8 Å². The smallest absolute Gasteiger partial charge is 0.0544 e. The Morgan fingerprint density at radius 2 is 1.86 bits per heavy atom. The van der Waals surface area contributed by atoms with E-state index in [1.807, 2.05) is 30.2 Å². The zero-order valence-corrected chi connectivity index (χ0v) is 12.8. The van der Waals surface area contributed by atoms with Crippen LogP contribution in [0.4, 0.5) is 0 Å². The summed E-state index contributed by atoms with van der Waals surface area (Å²) in [6.07, 6.45) is 5.84. The van der Waals surface area contributed by atoms with Crippen molar-refractivity contribution in [3.63, 3.8) is 0 Å². The number of nitrogens with zero attached hydrogens (tertiary/aromatic N) is 1. The Balaban J connectivity index is 0.00000161. The summed E-state index contributed by atoms with van der Waals surface area (Å²) >= 11 is 8.26. The Kier molecular flexibility index (Phi) is 6.09. The number of halogens is 1. The minimum absolute atomic E-state index is 0. The van der Waals surface area contributed by atoms with Crippen molar-refractivity contribution in [2.45, 2.75) is 30.9 Å². The normalized spacial score (nSPS) is 14.0. The number of aromatic nitrogens is 1. The molecule has 0 amide bonds. The van der Waals surface area contributed by atoms with Gasteiger partial charge in [0.1, 0.15) is 0 Å². The van der Waals surface area contributed by atoms with Crippen molar-refractivity contribution in [1.29, 1.82) is 0 Å². The standard InChI is InChI=1S/C16H17ClN2S.CH4/c17-15-2-1-13-5-9-19-10-6-14(13)16(15)20-11-12-3-7-18-8-4-12;/h1-4,7-8,19H,5-6,9-11H2;1H4. The molecule has 0 fully saturated rings. The van der Waals surface area contributed by atoms with Crippen LogP contribution in [0.2, 0.25) is 5.02 Å². The fourth-order valence-electron chi connectivity index (χ4n) is 2.50. The second-order valence-electron chi connectivity index (χ2n) is 4.91. The van der Waals surface area contributed by atoms with Crippen LogP contribution >= 0.6 is 23.4 Å². The van der Waals surface area contributed by atoms with Crippen LogP contribution in [-0.4, -0.2) is 18.1 Å². The van der Waals surface area contributed by atoms with Crippen molar-refractivity contribution in [3.05, 3.63) is 58.4 Å². The van der Waals surface area contributed by atoms with Gasteiger partial charge in [0.15, 0.2) is 0 Å². The Labute approximate surface area is 136 Å². The molecule has 2 heterocycles. The second-order valence-corrected chi connectivity index (χ2v) is 6.30. The van der Waals surface area contributed by atoms with Crippen LogP contribution in [0.5, 0.6) is 0 Å². The van der Waals surface area contributed by atoms with Crippen molar-refractivity contribution >= 4 is 23.4 Å². The monoisotopic (exact) mass is 320 g/mol. The third-order valence-corrected chi connectivity index (χ3v) is 5.22. The lowest BCUT2D eigenvalue weighted by atomic mass is 10.0. The summed E-state index contributed by atoms with van der Waals surface area (Å²) < 4.78 is 0. The average Bonchev–Trinajstić information content (AvgIpc) is 2.73. The summed E-state index contributed by atoms with van der Waals surface area (Å²) in [5, 5.41) is 4.33. The Morgan fingerprint density at radius 3 is 2.67 bits per heavy atom. The maximum atomic E-state index is 6.43. The van der Waals surface area contributed by atoms with Gasteiger partial charge < -0.3 is 5.32 Å². The van der Waals surface area contributed by atoms with E-state index in [9.17, 15) is 0 Å². The third-order valence-electron chi connectivity index (χ3n) is 3.56. The van der Waals surface area contributed by atoms with E-state index < -0.39 is 0 Å². The van der Waals surface area contributed by atoms with Crippen LogP contribution in [0.25, 0.3) is 0 Å². The largest absolute Gasteiger partial charge is 0.316 e. The molecule has 3 rings (SSSR count). The molecule has 1 aromatic heterocycles. The molecular weight excluding hydrogens is 300 g/mol. The number of pyridine rings is 1. The molecule has 1 N–H and O–H groups in total. The zero-order chi connectivity index (χ0) is 13.8. The van der Waals surface area contributed by atoms with E-state index in [0.29, 0.717) is 0 Å². The van der Waals surface area contributed by atoms with Gasteiger partial charge in [0.05, 0.1) is 5.02 Å². The highest BCUT2D eigenvalue weighted by molar-refractivity contribution is 7.98. The first kappa shape index (κ1) is 16.3. The van der Waals surface area contributed by atoms with E-state index >= 15 is 0 Å². The Morgan fingerprint density at radius 1 is 1.10 bits per heavy atom. The molecule has 0 bridgehead atoms. The van der Waals surface area contributed by atoms with Gasteiger partial charge in [-0.3, -0.25) is 4.98 Å². The predicted molar refractivity (Wildman–Crippen MR) is 92.3 cm³/mol. The molecule has 1 aromatic carbocycles. The highest BCUT2D eigenvalue weighted by atomic mass is 35.5. The fourth-order valence-corrected chi connectivity index (χ4v) is 3.96. The predicted octanol–water partition coefficient (Wildman–Crippen LogP) is 4.35. The van der Waals surface area contributed by atoms with Gasteiger partial charge in [0, 0.05) is 23.0 Å².